The maximum Gasteiger partial charge on any atom is 0.264 e. The minimum absolute atomic E-state index is 0.0410. The Labute approximate surface area is 167 Å². The van der Waals surface area contributed by atoms with E-state index in [9.17, 15) is 14.0 Å². The number of hydrogen-bond acceptors (Lipinski definition) is 3. The van der Waals surface area contributed by atoms with E-state index >= 15 is 0 Å². The lowest BCUT2D eigenvalue weighted by molar-refractivity contribution is -0.116. The molecule has 2 amide bonds. The van der Waals surface area contributed by atoms with Crippen molar-refractivity contribution in [1.82, 2.24) is 4.90 Å². The molecule has 0 atom stereocenters. The van der Waals surface area contributed by atoms with Gasteiger partial charge in [-0.1, -0.05) is 37.3 Å². The van der Waals surface area contributed by atoms with Crippen molar-refractivity contribution in [2.24, 2.45) is 0 Å². The Morgan fingerprint density at radius 2 is 1.75 bits per heavy atom. The molecule has 0 saturated heterocycles. The van der Waals surface area contributed by atoms with Crippen LogP contribution < -0.4 is 5.32 Å². The Morgan fingerprint density at radius 1 is 1.04 bits per heavy atom. The first kappa shape index (κ1) is 19.8. The molecule has 28 heavy (non-hydrogen) atoms. The Balaban J connectivity index is 1.64. The standard InChI is InChI=1S/C22H21FN2O2S/c1-3-15-6-4-5-7-18(15)24-21(26)14-25(2)22(27)20-13-12-19(28-20)16-8-10-17(23)11-9-16/h4-13H,3,14H2,1-2H3,(H,24,26). The Morgan fingerprint density at radius 3 is 2.46 bits per heavy atom. The van der Waals surface area contributed by atoms with Gasteiger partial charge in [0, 0.05) is 17.6 Å². The van der Waals surface area contributed by atoms with E-state index in [-0.39, 0.29) is 24.2 Å². The molecular weight excluding hydrogens is 375 g/mol. The van der Waals surface area contributed by atoms with Crippen LogP contribution in [0.5, 0.6) is 0 Å². The van der Waals surface area contributed by atoms with Crippen LogP contribution in [0.25, 0.3) is 10.4 Å². The molecule has 0 aliphatic carbocycles. The summed E-state index contributed by atoms with van der Waals surface area (Å²) in [6.45, 7) is 1.98. The van der Waals surface area contributed by atoms with Crippen molar-refractivity contribution in [2.45, 2.75) is 13.3 Å². The SMILES string of the molecule is CCc1ccccc1NC(=O)CN(C)C(=O)c1ccc(-c2ccc(F)cc2)s1. The minimum atomic E-state index is -0.299. The van der Waals surface area contributed by atoms with Crippen molar-refractivity contribution in [3.8, 4) is 10.4 Å². The third kappa shape index (κ3) is 4.64. The smallest absolute Gasteiger partial charge is 0.264 e. The van der Waals surface area contributed by atoms with Gasteiger partial charge in [0.25, 0.3) is 5.91 Å². The molecule has 4 nitrogen and oxygen atoms in total. The van der Waals surface area contributed by atoms with Crippen LogP contribution in [-0.4, -0.2) is 30.3 Å². The van der Waals surface area contributed by atoms with Crippen molar-refractivity contribution in [2.75, 3.05) is 18.9 Å². The highest BCUT2D eigenvalue weighted by Gasteiger charge is 2.18. The molecule has 0 aliphatic rings. The molecule has 1 N–H and O–H groups in total. The molecule has 0 radical (unpaired) electrons. The zero-order valence-corrected chi connectivity index (χ0v) is 16.6. The summed E-state index contributed by atoms with van der Waals surface area (Å²) in [6, 6.07) is 17.3. The molecule has 0 saturated carbocycles. The van der Waals surface area contributed by atoms with Crippen molar-refractivity contribution in [3.63, 3.8) is 0 Å². The summed E-state index contributed by atoms with van der Waals surface area (Å²) in [5, 5.41) is 2.87. The molecule has 0 spiro atoms. The van der Waals surface area contributed by atoms with Crippen LogP contribution in [0, 0.1) is 5.82 Å². The van der Waals surface area contributed by atoms with E-state index in [1.54, 1.807) is 25.2 Å². The van der Waals surface area contributed by atoms with Crippen LogP contribution >= 0.6 is 11.3 Å². The number of benzene rings is 2. The summed E-state index contributed by atoms with van der Waals surface area (Å²) in [7, 11) is 1.60. The lowest BCUT2D eigenvalue weighted by Gasteiger charge is -2.17. The number of thiophene rings is 1. The molecule has 0 bridgehead atoms. The van der Waals surface area contributed by atoms with Crippen molar-refractivity contribution >= 4 is 28.8 Å². The maximum atomic E-state index is 13.1. The van der Waals surface area contributed by atoms with Crippen LogP contribution in [0.2, 0.25) is 0 Å². The molecule has 3 aromatic rings. The quantitative estimate of drug-likeness (QED) is 0.649. The second-order valence-corrected chi connectivity index (χ2v) is 7.47. The van der Waals surface area contributed by atoms with Gasteiger partial charge in [0.15, 0.2) is 0 Å². The fraction of sp³-hybridized carbons (Fsp3) is 0.182. The van der Waals surface area contributed by atoms with E-state index in [0.29, 0.717) is 4.88 Å². The molecule has 0 fully saturated rings. The minimum Gasteiger partial charge on any atom is -0.332 e. The summed E-state index contributed by atoms with van der Waals surface area (Å²) in [5.74, 6) is -0.767. The third-order valence-electron chi connectivity index (χ3n) is 4.35. The first-order valence-electron chi connectivity index (χ1n) is 8.97. The number of halogens is 1. The Bertz CT molecular complexity index is 982. The molecule has 0 unspecified atom stereocenters. The van der Waals surface area contributed by atoms with Crippen molar-refractivity contribution < 1.29 is 14.0 Å². The van der Waals surface area contributed by atoms with E-state index in [0.717, 1.165) is 28.1 Å². The highest BCUT2D eigenvalue weighted by molar-refractivity contribution is 7.17. The number of nitrogens with one attached hydrogen (secondary N) is 1. The number of hydrogen-bond donors (Lipinski definition) is 1. The number of amides is 2. The summed E-state index contributed by atoms with van der Waals surface area (Å²) in [5.41, 5.74) is 2.67. The number of aryl methyl sites for hydroxylation is 1. The number of anilines is 1. The van der Waals surface area contributed by atoms with Gasteiger partial charge in [-0.2, -0.15) is 0 Å². The molecule has 0 aliphatic heterocycles. The molecule has 2 aromatic carbocycles. The van der Waals surface area contributed by atoms with E-state index in [1.807, 2.05) is 37.3 Å². The van der Waals surface area contributed by atoms with E-state index in [4.69, 9.17) is 0 Å². The summed E-state index contributed by atoms with van der Waals surface area (Å²) < 4.78 is 13.1. The zero-order valence-electron chi connectivity index (χ0n) is 15.7. The van der Waals surface area contributed by atoms with Crippen LogP contribution in [0.3, 0.4) is 0 Å². The van der Waals surface area contributed by atoms with E-state index < -0.39 is 0 Å². The summed E-state index contributed by atoms with van der Waals surface area (Å²) in [6.07, 6.45) is 0.812. The van der Waals surface area contributed by atoms with Crippen molar-refractivity contribution in [3.05, 3.63) is 76.9 Å². The van der Waals surface area contributed by atoms with Gasteiger partial charge in [0.2, 0.25) is 5.91 Å². The largest absolute Gasteiger partial charge is 0.332 e. The van der Waals surface area contributed by atoms with Gasteiger partial charge in [0.05, 0.1) is 11.4 Å². The fourth-order valence-electron chi connectivity index (χ4n) is 2.84. The van der Waals surface area contributed by atoms with Crippen molar-refractivity contribution in [1.29, 1.82) is 0 Å². The highest BCUT2D eigenvalue weighted by Crippen LogP contribution is 2.28. The predicted octanol–water partition coefficient (Wildman–Crippen LogP) is 4.83. The monoisotopic (exact) mass is 396 g/mol. The lowest BCUT2D eigenvalue weighted by atomic mass is 10.1. The number of likely N-dealkylation sites (N-methyl/N-ethyl adjacent to an activating group) is 1. The van der Waals surface area contributed by atoms with Gasteiger partial charge >= 0.3 is 0 Å². The molecule has 1 aromatic heterocycles. The number of rotatable bonds is 6. The number of para-hydroxylation sites is 1. The van der Waals surface area contributed by atoms with Crippen LogP contribution in [0.4, 0.5) is 10.1 Å². The number of carbonyl (C=O) groups excluding carboxylic acids is 2. The average Bonchev–Trinajstić information content (AvgIpc) is 3.18. The first-order valence-corrected chi connectivity index (χ1v) is 9.78. The average molecular weight is 396 g/mol. The van der Waals surface area contributed by atoms with Crippen LogP contribution in [-0.2, 0) is 11.2 Å². The van der Waals surface area contributed by atoms with E-state index in [2.05, 4.69) is 5.32 Å². The van der Waals surface area contributed by atoms with Crippen LogP contribution in [0.1, 0.15) is 22.2 Å². The van der Waals surface area contributed by atoms with Crippen LogP contribution in [0.15, 0.2) is 60.7 Å². The zero-order chi connectivity index (χ0) is 20.1. The second-order valence-electron chi connectivity index (χ2n) is 6.39. The fourth-order valence-corrected chi connectivity index (χ4v) is 3.84. The summed E-state index contributed by atoms with van der Waals surface area (Å²) >= 11 is 1.32. The van der Waals surface area contributed by atoms with Gasteiger partial charge < -0.3 is 10.2 Å². The van der Waals surface area contributed by atoms with Gasteiger partial charge in [-0.3, -0.25) is 9.59 Å². The number of nitrogens with zero attached hydrogens (tertiary/aromatic N) is 1. The normalized spacial score (nSPS) is 10.5. The molecule has 3 rings (SSSR count). The molecular formula is C22H21FN2O2S. The van der Waals surface area contributed by atoms with Gasteiger partial charge in [-0.25, -0.2) is 4.39 Å². The predicted molar refractivity (Wildman–Crippen MR) is 111 cm³/mol. The van der Waals surface area contributed by atoms with Gasteiger partial charge in [-0.05, 0) is 47.9 Å². The number of carbonyl (C=O) groups is 2. The Hall–Kier alpha value is -2.99. The second kappa shape index (κ2) is 8.80. The molecule has 144 valence electrons. The molecule has 1 heterocycles. The molecule has 6 heteroatoms. The lowest BCUT2D eigenvalue weighted by Crippen LogP contribution is -2.34. The highest BCUT2D eigenvalue weighted by atomic mass is 32.1. The topological polar surface area (TPSA) is 49.4 Å². The Kier molecular flexibility index (Phi) is 6.21. The van der Waals surface area contributed by atoms with Gasteiger partial charge in [0.1, 0.15) is 5.82 Å². The van der Waals surface area contributed by atoms with Gasteiger partial charge in [-0.15, -0.1) is 11.3 Å². The summed E-state index contributed by atoms with van der Waals surface area (Å²) in [4.78, 5) is 27.8. The van der Waals surface area contributed by atoms with E-state index in [1.165, 1.54) is 28.4 Å². The third-order valence-corrected chi connectivity index (χ3v) is 5.47. The maximum absolute atomic E-state index is 13.1. The first-order chi connectivity index (χ1) is 13.5.